The minimum atomic E-state index is 0.355. The van der Waals surface area contributed by atoms with E-state index in [0.29, 0.717) is 12.0 Å². The normalized spacial score (nSPS) is 27.3. The highest BCUT2D eigenvalue weighted by atomic mass is 16.3. The van der Waals surface area contributed by atoms with Crippen LogP contribution < -0.4 is 5.32 Å². The first-order valence-electron chi connectivity index (χ1n) is 7.81. The summed E-state index contributed by atoms with van der Waals surface area (Å²) in [6.45, 7) is 2.64. The summed E-state index contributed by atoms with van der Waals surface area (Å²) >= 11 is 0. The quantitative estimate of drug-likeness (QED) is 0.710. The van der Waals surface area contributed by atoms with Gasteiger partial charge in [0.05, 0.1) is 0 Å². The van der Waals surface area contributed by atoms with Crippen molar-refractivity contribution < 1.29 is 5.11 Å². The van der Waals surface area contributed by atoms with Gasteiger partial charge in [-0.25, -0.2) is 0 Å². The fourth-order valence-corrected chi connectivity index (χ4v) is 3.64. The minimum absolute atomic E-state index is 0.355. The molecule has 1 unspecified atom stereocenters. The van der Waals surface area contributed by atoms with Gasteiger partial charge in [0.25, 0.3) is 0 Å². The molecule has 0 heterocycles. The SMILES string of the molecule is OCCC1(CNCC2CC=CCC2)CCCCC1. The molecule has 0 saturated heterocycles. The van der Waals surface area contributed by atoms with Gasteiger partial charge in [0.2, 0.25) is 0 Å². The van der Waals surface area contributed by atoms with Gasteiger partial charge in [0.1, 0.15) is 0 Å². The van der Waals surface area contributed by atoms with E-state index >= 15 is 0 Å². The number of hydrogen-bond acceptors (Lipinski definition) is 2. The van der Waals surface area contributed by atoms with Crippen molar-refractivity contribution in [2.45, 2.75) is 57.8 Å². The summed E-state index contributed by atoms with van der Waals surface area (Å²) in [5.74, 6) is 0.838. The molecule has 2 heteroatoms. The van der Waals surface area contributed by atoms with Crippen LogP contribution in [0.3, 0.4) is 0 Å². The standard InChI is InChI=1S/C16H29NO/c18-12-11-16(9-5-2-6-10-16)14-17-13-15-7-3-1-4-8-15/h1,3,15,17-18H,2,4-14H2. The van der Waals surface area contributed by atoms with Crippen LogP contribution in [0, 0.1) is 11.3 Å². The third-order valence-corrected chi connectivity index (χ3v) is 4.87. The first-order chi connectivity index (χ1) is 8.85. The Kier molecular flexibility index (Phi) is 5.71. The van der Waals surface area contributed by atoms with Gasteiger partial charge >= 0.3 is 0 Å². The second-order valence-electron chi connectivity index (χ2n) is 6.32. The molecule has 2 N–H and O–H groups in total. The van der Waals surface area contributed by atoms with Crippen molar-refractivity contribution in [3.8, 4) is 0 Å². The smallest absolute Gasteiger partial charge is 0.0436 e. The van der Waals surface area contributed by atoms with Gasteiger partial charge in [-0.1, -0.05) is 31.4 Å². The Hall–Kier alpha value is -0.340. The van der Waals surface area contributed by atoms with Crippen molar-refractivity contribution in [1.82, 2.24) is 5.32 Å². The fourth-order valence-electron chi connectivity index (χ4n) is 3.64. The van der Waals surface area contributed by atoms with E-state index in [1.165, 1.54) is 51.4 Å². The largest absolute Gasteiger partial charge is 0.396 e. The highest BCUT2D eigenvalue weighted by Crippen LogP contribution is 2.38. The fraction of sp³-hybridized carbons (Fsp3) is 0.875. The van der Waals surface area contributed by atoms with E-state index in [1.54, 1.807) is 0 Å². The van der Waals surface area contributed by atoms with Crippen molar-refractivity contribution in [2.75, 3.05) is 19.7 Å². The number of allylic oxidation sites excluding steroid dienone is 2. The number of nitrogens with one attached hydrogen (secondary N) is 1. The summed E-state index contributed by atoms with van der Waals surface area (Å²) in [5.41, 5.74) is 0.400. The van der Waals surface area contributed by atoms with Crippen molar-refractivity contribution >= 4 is 0 Å². The van der Waals surface area contributed by atoms with Crippen LogP contribution in [0.2, 0.25) is 0 Å². The molecule has 2 nitrogen and oxygen atoms in total. The summed E-state index contributed by atoms with van der Waals surface area (Å²) in [5, 5.41) is 13.0. The minimum Gasteiger partial charge on any atom is -0.396 e. The van der Waals surface area contributed by atoms with Crippen LogP contribution >= 0.6 is 0 Å². The molecule has 2 aliphatic carbocycles. The van der Waals surface area contributed by atoms with Gasteiger partial charge in [-0.05, 0) is 56.4 Å². The third kappa shape index (κ3) is 4.10. The van der Waals surface area contributed by atoms with Gasteiger partial charge in [-0.15, -0.1) is 0 Å². The molecule has 18 heavy (non-hydrogen) atoms. The molecule has 104 valence electrons. The molecule has 0 bridgehead atoms. The molecular formula is C16H29NO. The zero-order chi connectivity index (χ0) is 12.7. The van der Waals surface area contributed by atoms with Gasteiger partial charge in [0.15, 0.2) is 0 Å². The summed E-state index contributed by atoms with van der Waals surface area (Å²) in [6, 6.07) is 0. The molecule has 0 amide bonds. The molecule has 0 spiro atoms. The van der Waals surface area contributed by atoms with E-state index in [4.69, 9.17) is 0 Å². The summed E-state index contributed by atoms with van der Waals surface area (Å²) in [4.78, 5) is 0. The van der Waals surface area contributed by atoms with Gasteiger partial charge in [-0.3, -0.25) is 0 Å². The van der Waals surface area contributed by atoms with E-state index < -0.39 is 0 Å². The Morgan fingerprint density at radius 2 is 2.00 bits per heavy atom. The van der Waals surface area contributed by atoms with Crippen LogP contribution in [0.25, 0.3) is 0 Å². The van der Waals surface area contributed by atoms with E-state index in [9.17, 15) is 5.11 Å². The summed E-state index contributed by atoms with van der Waals surface area (Å²) in [6.07, 6.45) is 16.2. The third-order valence-electron chi connectivity index (χ3n) is 4.87. The van der Waals surface area contributed by atoms with E-state index in [-0.39, 0.29) is 0 Å². The lowest BCUT2D eigenvalue weighted by Gasteiger charge is -2.37. The lowest BCUT2D eigenvalue weighted by Crippen LogP contribution is -2.38. The first-order valence-corrected chi connectivity index (χ1v) is 7.81. The number of aliphatic hydroxyl groups is 1. The molecule has 1 fully saturated rings. The molecule has 0 aromatic rings. The highest BCUT2D eigenvalue weighted by Gasteiger charge is 2.31. The predicted octanol–water partition coefficient (Wildman–Crippen LogP) is 3.27. The van der Waals surface area contributed by atoms with E-state index in [0.717, 1.165) is 25.4 Å². The molecule has 0 aromatic heterocycles. The van der Waals surface area contributed by atoms with Crippen molar-refractivity contribution in [1.29, 1.82) is 0 Å². The molecule has 1 atom stereocenters. The zero-order valence-electron chi connectivity index (χ0n) is 11.7. The summed E-state index contributed by atoms with van der Waals surface area (Å²) < 4.78 is 0. The number of rotatable bonds is 6. The van der Waals surface area contributed by atoms with Gasteiger partial charge < -0.3 is 10.4 Å². The number of hydrogen-bond donors (Lipinski definition) is 2. The molecular weight excluding hydrogens is 222 g/mol. The monoisotopic (exact) mass is 251 g/mol. The Balaban J connectivity index is 1.73. The van der Waals surface area contributed by atoms with E-state index in [2.05, 4.69) is 17.5 Å². The van der Waals surface area contributed by atoms with Crippen LogP contribution in [0.4, 0.5) is 0 Å². The van der Waals surface area contributed by atoms with E-state index in [1.807, 2.05) is 0 Å². The zero-order valence-corrected chi connectivity index (χ0v) is 11.7. The Bertz CT molecular complexity index is 250. The Labute approximate surface area is 112 Å². The second kappa shape index (κ2) is 7.30. The molecule has 2 aliphatic rings. The van der Waals surface area contributed by atoms with Crippen LogP contribution in [-0.4, -0.2) is 24.8 Å². The topological polar surface area (TPSA) is 32.3 Å². The number of aliphatic hydroxyl groups excluding tert-OH is 1. The average Bonchev–Trinajstić information content (AvgIpc) is 2.41. The molecule has 1 saturated carbocycles. The maximum atomic E-state index is 9.29. The summed E-state index contributed by atoms with van der Waals surface area (Å²) in [7, 11) is 0. The van der Waals surface area contributed by atoms with Crippen LogP contribution in [-0.2, 0) is 0 Å². The van der Waals surface area contributed by atoms with Gasteiger partial charge in [-0.2, -0.15) is 0 Å². The van der Waals surface area contributed by atoms with Crippen molar-refractivity contribution in [2.24, 2.45) is 11.3 Å². The first kappa shape index (κ1) is 14.1. The molecule has 2 rings (SSSR count). The molecule has 0 aliphatic heterocycles. The van der Waals surface area contributed by atoms with Crippen LogP contribution in [0.1, 0.15) is 57.8 Å². The Morgan fingerprint density at radius 3 is 2.67 bits per heavy atom. The second-order valence-corrected chi connectivity index (χ2v) is 6.32. The molecule has 0 aromatic carbocycles. The van der Waals surface area contributed by atoms with Crippen molar-refractivity contribution in [3.05, 3.63) is 12.2 Å². The molecule has 0 radical (unpaired) electrons. The average molecular weight is 251 g/mol. The van der Waals surface area contributed by atoms with Crippen LogP contribution in [0.5, 0.6) is 0 Å². The Morgan fingerprint density at radius 1 is 1.17 bits per heavy atom. The maximum Gasteiger partial charge on any atom is 0.0436 e. The lowest BCUT2D eigenvalue weighted by molar-refractivity contribution is 0.124. The predicted molar refractivity (Wildman–Crippen MR) is 76.6 cm³/mol. The van der Waals surface area contributed by atoms with Crippen molar-refractivity contribution in [3.63, 3.8) is 0 Å². The lowest BCUT2D eigenvalue weighted by atomic mass is 9.72. The van der Waals surface area contributed by atoms with Crippen LogP contribution in [0.15, 0.2) is 12.2 Å². The van der Waals surface area contributed by atoms with Gasteiger partial charge in [0, 0.05) is 13.2 Å². The maximum absolute atomic E-state index is 9.29. The highest BCUT2D eigenvalue weighted by molar-refractivity contribution is 4.91.